The molecule has 0 aliphatic heterocycles. The smallest absolute Gasteiger partial charge is 0.247 e. The summed E-state index contributed by atoms with van der Waals surface area (Å²) in [5.74, 6) is -0.264. The Balaban J connectivity index is 4.08. The van der Waals surface area contributed by atoms with Crippen molar-refractivity contribution in [2.24, 2.45) is 5.41 Å². The molecule has 0 atom stereocenters. The van der Waals surface area contributed by atoms with E-state index >= 15 is 0 Å². The first kappa shape index (κ1) is 12.7. The van der Waals surface area contributed by atoms with E-state index in [9.17, 15) is 9.59 Å². The van der Waals surface area contributed by atoms with Crippen LogP contribution in [0.5, 0.6) is 0 Å². The number of carbonyl (C=O) groups is 2. The van der Waals surface area contributed by atoms with Crippen LogP contribution in [-0.2, 0) is 9.59 Å². The standard InChI is InChI=1S/C10H18N2O2/c1-10(2,3)9(14)11-7-6-8(13)12(4)5/h6-7H,1-5H3,(H,11,14)/b7-6-. The summed E-state index contributed by atoms with van der Waals surface area (Å²) in [6.45, 7) is 5.43. The van der Waals surface area contributed by atoms with Crippen molar-refractivity contribution in [3.8, 4) is 0 Å². The minimum atomic E-state index is -0.439. The Morgan fingerprint density at radius 1 is 1.21 bits per heavy atom. The van der Waals surface area contributed by atoms with E-state index in [1.54, 1.807) is 14.1 Å². The minimum absolute atomic E-state index is 0.111. The summed E-state index contributed by atoms with van der Waals surface area (Å²) in [7, 11) is 3.30. The van der Waals surface area contributed by atoms with Crippen LogP contribution in [0.3, 0.4) is 0 Å². The molecule has 0 aromatic carbocycles. The number of hydrogen-bond acceptors (Lipinski definition) is 2. The molecule has 0 aromatic rings. The van der Waals surface area contributed by atoms with Gasteiger partial charge in [-0.05, 0) is 0 Å². The van der Waals surface area contributed by atoms with E-state index in [0.717, 1.165) is 0 Å². The zero-order valence-electron chi connectivity index (χ0n) is 9.42. The lowest BCUT2D eigenvalue weighted by Gasteiger charge is -2.15. The number of rotatable bonds is 2. The fourth-order valence-corrected chi connectivity index (χ4v) is 0.554. The summed E-state index contributed by atoms with van der Waals surface area (Å²) in [6.07, 6.45) is 2.69. The molecule has 0 saturated heterocycles. The van der Waals surface area contributed by atoms with Crippen LogP contribution in [0.1, 0.15) is 20.8 Å². The molecule has 0 heterocycles. The van der Waals surface area contributed by atoms with Crippen molar-refractivity contribution in [3.63, 3.8) is 0 Å². The van der Waals surface area contributed by atoms with Gasteiger partial charge in [-0.25, -0.2) is 0 Å². The normalized spacial score (nSPS) is 11.5. The molecule has 0 bridgehead atoms. The maximum Gasteiger partial charge on any atom is 0.247 e. The van der Waals surface area contributed by atoms with Gasteiger partial charge in [-0.15, -0.1) is 0 Å². The van der Waals surface area contributed by atoms with E-state index in [4.69, 9.17) is 0 Å². The second-order valence-electron chi connectivity index (χ2n) is 4.29. The molecule has 0 saturated carbocycles. The first-order chi connectivity index (χ1) is 6.25. The van der Waals surface area contributed by atoms with Gasteiger partial charge in [0.15, 0.2) is 0 Å². The van der Waals surface area contributed by atoms with E-state index < -0.39 is 5.41 Å². The Kier molecular flexibility index (Phi) is 4.34. The maximum absolute atomic E-state index is 11.3. The van der Waals surface area contributed by atoms with Crippen molar-refractivity contribution in [2.75, 3.05) is 14.1 Å². The highest BCUT2D eigenvalue weighted by atomic mass is 16.2. The molecular formula is C10H18N2O2. The van der Waals surface area contributed by atoms with Gasteiger partial charge in [-0.3, -0.25) is 9.59 Å². The molecule has 80 valence electrons. The average molecular weight is 198 g/mol. The van der Waals surface area contributed by atoms with Gasteiger partial charge >= 0.3 is 0 Å². The van der Waals surface area contributed by atoms with Crippen LogP contribution in [0.25, 0.3) is 0 Å². The van der Waals surface area contributed by atoms with Crippen molar-refractivity contribution >= 4 is 11.8 Å². The Morgan fingerprint density at radius 2 is 1.71 bits per heavy atom. The van der Waals surface area contributed by atoms with Gasteiger partial charge in [0, 0.05) is 31.8 Å². The third kappa shape index (κ3) is 4.64. The molecule has 0 unspecified atom stereocenters. The zero-order chi connectivity index (χ0) is 11.4. The average Bonchev–Trinajstić information content (AvgIpc) is 2.01. The molecule has 1 N–H and O–H groups in total. The van der Waals surface area contributed by atoms with Crippen LogP contribution in [0.15, 0.2) is 12.3 Å². The van der Waals surface area contributed by atoms with E-state index in [1.165, 1.54) is 17.2 Å². The Bertz CT molecular complexity index is 249. The number of carbonyl (C=O) groups excluding carboxylic acids is 2. The Labute approximate surface area is 85.0 Å². The van der Waals surface area contributed by atoms with Crippen molar-refractivity contribution in [1.29, 1.82) is 0 Å². The number of nitrogens with zero attached hydrogens (tertiary/aromatic N) is 1. The summed E-state index contributed by atoms with van der Waals surface area (Å²) in [6, 6.07) is 0. The molecule has 4 nitrogen and oxygen atoms in total. The summed E-state index contributed by atoms with van der Waals surface area (Å²) in [5.41, 5.74) is -0.439. The van der Waals surface area contributed by atoms with Gasteiger partial charge in [-0.1, -0.05) is 20.8 Å². The van der Waals surface area contributed by atoms with Crippen LogP contribution in [0, 0.1) is 5.41 Å². The summed E-state index contributed by atoms with van der Waals surface area (Å²) < 4.78 is 0. The van der Waals surface area contributed by atoms with E-state index in [-0.39, 0.29) is 11.8 Å². The zero-order valence-corrected chi connectivity index (χ0v) is 9.42. The lowest BCUT2D eigenvalue weighted by Crippen LogP contribution is -2.31. The fraction of sp³-hybridized carbons (Fsp3) is 0.600. The van der Waals surface area contributed by atoms with E-state index in [2.05, 4.69) is 5.32 Å². The molecule has 14 heavy (non-hydrogen) atoms. The van der Waals surface area contributed by atoms with E-state index in [1.807, 2.05) is 20.8 Å². The first-order valence-electron chi connectivity index (χ1n) is 4.44. The predicted molar refractivity (Wildman–Crippen MR) is 55.4 cm³/mol. The van der Waals surface area contributed by atoms with Crippen LogP contribution in [0.4, 0.5) is 0 Å². The largest absolute Gasteiger partial charge is 0.345 e. The number of likely N-dealkylation sites (N-methyl/N-ethyl adjacent to an activating group) is 1. The van der Waals surface area contributed by atoms with Crippen molar-refractivity contribution in [3.05, 3.63) is 12.3 Å². The first-order valence-corrected chi connectivity index (χ1v) is 4.44. The third-order valence-corrected chi connectivity index (χ3v) is 1.56. The highest BCUT2D eigenvalue weighted by Crippen LogP contribution is 2.11. The molecule has 2 amide bonds. The topological polar surface area (TPSA) is 49.4 Å². The lowest BCUT2D eigenvalue weighted by atomic mass is 9.96. The molecule has 0 aromatic heterocycles. The molecular weight excluding hydrogens is 180 g/mol. The van der Waals surface area contributed by atoms with Gasteiger partial charge < -0.3 is 10.2 Å². The SMILES string of the molecule is CN(C)C(=O)/C=C\NC(=O)C(C)(C)C. The van der Waals surface area contributed by atoms with Gasteiger partial charge in [0.2, 0.25) is 11.8 Å². The predicted octanol–water partition coefficient (Wildman–Crippen LogP) is 0.751. The second-order valence-corrected chi connectivity index (χ2v) is 4.29. The quantitative estimate of drug-likeness (QED) is 0.666. The summed E-state index contributed by atoms with van der Waals surface area (Å²) >= 11 is 0. The fourth-order valence-electron chi connectivity index (χ4n) is 0.554. The number of amides is 2. The molecule has 0 spiro atoms. The van der Waals surface area contributed by atoms with Crippen LogP contribution >= 0.6 is 0 Å². The monoisotopic (exact) mass is 198 g/mol. The van der Waals surface area contributed by atoms with E-state index in [0.29, 0.717) is 0 Å². The molecule has 0 aliphatic rings. The number of nitrogens with one attached hydrogen (secondary N) is 1. The van der Waals surface area contributed by atoms with Crippen LogP contribution < -0.4 is 5.32 Å². The lowest BCUT2D eigenvalue weighted by molar-refractivity contribution is -0.127. The summed E-state index contributed by atoms with van der Waals surface area (Å²) in [5, 5.41) is 2.54. The van der Waals surface area contributed by atoms with Gasteiger partial charge in [-0.2, -0.15) is 0 Å². The second kappa shape index (κ2) is 4.79. The minimum Gasteiger partial charge on any atom is -0.345 e. The van der Waals surface area contributed by atoms with Gasteiger partial charge in [0.1, 0.15) is 0 Å². The Hall–Kier alpha value is -1.32. The molecule has 0 aliphatic carbocycles. The van der Waals surface area contributed by atoms with Crippen molar-refractivity contribution < 1.29 is 9.59 Å². The Morgan fingerprint density at radius 3 is 2.07 bits per heavy atom. The third-order valence-electron chi connectivity index (χ3n) is 1.56. The summed E-state index contributed by atoms with van der Waals surface area (Å²) in [4.78, 5) is 23.8. The molecule has 4 heteroatoms. The van der Waals surface area contributed by atoms with Crippen molar-refractivity contribution in [1.82, 2.24) is 10.2 Å². The molecule has 0 radical (unpaired) electrons. The van der Waals surface area contributed by atoms with Crippen LogP contribution in [0.2, 0.25) is 0 Å². The van der Waals surface area contributed by atoms with Gasteiger partial charge in [0.25, 0.3) is 0 Å². The highest BCUT2D eigenvalue weighted by Gasteiger charge is 2.19. The maximum atomic E-state index is 11.3. The highest BCUT2D eigenvalue weighted by molar-refractivity contribution is 5.88. The van der Waals surface area contributed by atoms with Gasteiger partial charge in [0.05, 0.1) is 0 Å². The van der Waals surface area contributed by atoms with Crippen LogP contribution in [-0.4, -0.2) is 30.8 Å². The molecule has 0 fully saturated rings. The number of hydrogen-bond donors (Lipinski definition) is 1. The molecule has 0 rings (SSSR count). The van der Waals surface area contributed by atoms with Crippen molar-refractivity contribution in [2.45, 2.75) is 20.8 Å².